The van der Waals surface area contributed by atoms with E-state index in [4.69, 9.17) is 0 Å². The average molecular weight is 709 g/mol. The Morgan fingerprint density at radius 1 is 0.364 bits per heavy atom. The van der Waals surface area contributed by atoms with Crippen molar-refractivity contribution in [2.45, 2.75) is 57.8 Å². The van der Waals surface area contributed by atoms with Crippen LogP contribution in [0.2, 0.25) is 0 Å². The van der Waals surface area contributed by atoms with Crippen LogP contribution in [0.4, 0.5) is 34.1 Å². The third kappa shape index (κ3) is 4.26. The van der Waals surface area contributed by atoms with E-state index in [0.29, 0.717) is 0 Å². The number of nitrogens with zero attached hydrogens (tertiary/aromatic N) is 2. The van der Waals surface area contributed by atoms with Crippen LogP contribution in [0.3, 0.4) is 0 Å². The number of para-hydroxylation sites is 1. The standard InChI is InChI=1S/C53H44N2/c1-51(2)40-25-16-26-41-48(40)55-49-42(51)29-36(33-17-8-7-9-18-33)30-43(49)53(5,6)45-32-37(31-44(50(45)55)52(41,3)4)54(46-27-14-21-34-19-10-12-23-38(34)46)47-28-15-22-35-20-11-13-24-39(35)47/h7-32H,1-6H3. The number of fused-ring (bicyclic) bond motifs is 2. The summed E-state index contributed by atoms with van der Waals surface area (Å²) in [4.78, 5) is 5.22. The van der Waals surface area contributed by atoms with Crippen molar-refractivity contribution in [2.75, 3.05) is 9.80 Å². The maximum atomic E-state index is 2.68. The van der Waals surface area contributed by atoms with Crippen LogP contribution in [0.1, 0.15) is 74.9 Å². The fraction of sp³-hybridized carbons (Fsp3) is 0.170. The molecule has 0 atom stereocenters. The van der Waals surface area contributed by atoms with E-state index in [2.05, 4.69) is 209 Å². The molecule has 3 heterocycles. The van der Waals surface area contributed by atoms with Crippen molar-refractivity contribution in [1.82, 2.24) is 0 Å². The van der Waals surface area contributed by atoms with Crippen molar-refractivity contribution in [3.05, 3.63) is 191 Å². The Kier molecular flexibility index (Phi) is 6.45. The first-order valence-electron chi connectivity index (χ1n) is 19.7. The molecule has 0 bridgehead atoms. The van der Waals surface area contributed by atoms with Gasteiger partial charge in [0.2, 0.25) is 0 Å². The van der Waals surface area contributed by atoms with Crippen molar-refractivity contribution in [3.8, 4) is 11.1 Å². The van der Waals surface area contributed by atoms with Crippen molar-refractivity contribution in [3.63, 3.8) is 0 Å². The topological polar surface area (TPSA) is 6.48 Å². The molecule has 8 aromatic rings. The molecule has 0 saturated carbocycles. The average Bonchev–Trinajstić information content (AvgIpc) is 3.20. The van der Waals surface area contributed by atoms with Crippen LogP contribution in [0.25, 0.3) is 32.7 Å². The van der Waals surface area contributed by atoms with Crippen LogP contribution in [-0.4, -0.2) is 0 Å². The molecule has 3 aliphatic rings. The molecule has 11 rings (SSSR count). The van der Waals surface area contributed by atoms with Gasteiger partial charge in [0.25, 0.3) is 0 Å². The summed E-state index contributed by atoms with van der Waals surface area (Å²) < 4.78 is 0. The molecular formula is C53H44N2. The summed E-state index contributed by atoms with van der Waals surface area (Å²) in [7, 11) is 0. The van der Waals surface area contributed by atoms with Gasteiger partial charge in [0.05, 0.1) is 28.4 Å². The molecule has 0 radical (unpaired) electrons. The molecule has 2 heteroatoms. The van der Waals surface area contributed by atoms with Gasteiger partial charge in [-0.3, -0.25) is 0 Å². The van der Waals surface area contributed by atoms with Gasteiger partial charge in [0.15, 0.2) is 0 Å². The Morgan fingerprint density at radius 2 is 0.764 bits per heavy atom. The summed E-state index contributed by atoms with van der Waals surface area (Å²) in [6.45, 7) is 14.7. The Morgan fingerprint density at radius 3 is 1.29 bits per heavy atom. The first kappa shape index (κ1) is 32.3. The first-order valence-corrected chi connectivity index (χ1v) is 19.7. The lowest BCUT2D eigenvalue weighted by Gasteiger charge is -2.55. The predicted octanol–water partition coefficient (Wildman–Crippen LogP) is 14.5. The van der Waals surface area contributed by atoms with E-state index in [1.807, 2.05) is 0 Å². The van der Waals surface area contributed by atoms with Gasteiger partial charge in [0.1, 0.15) is 0 Å². The molecule has 0 aromatic heterocycles. The molecule has 3 aliphatic heterocycles. The minimum absolute atomic E-state index is 0.183. The van der Waals surface area contributed by atoms with Crippen molar-refractivity contribution in [1.29, 1.82) is 0 Å². The second-order valence-electron chi connectivity index (χ2n) is 17.4. The van der Waals surface area contributed by atoms with Crippen LogP contribution < -0.4 is 9.80 Å². The lowest BCUT2D eigenvalue weighted by Crippen LogP contribution is -2.43. The van der Waals surface area contributed by atoms with Crippen LogP contribution in [-0.2, 0) is 16.2 Å². The smallest absolute Gasteiger partial charge is 0.0545 e. The second-order valence-corrected chi connectivity index (χ2v) is 17.4. The predicted molar refractivity (Wildman–Crippen MR) is 233 cm³/mol. The highest BCUT2D eigenvalue weighted by molar-refractivity contribution is 6.06. The fourth-order valence-electron chi connectivity index (χ4n) is 10.3. The minimum atomic E-state index is -0.301. The maximum Gasteiger partial charge on any atom is 0.0545 e. The minimum Gasteiger partial charge on any atom is -0.309 e. The quantitative estimate of drug-likeness (QED) is 0.180. The van der Waals surface area contributed by atoms with Gasteiger partial charge in [-0.25, -0.2) is 0 Å². The van der Waals surface area contributed by atoms with E-state index in [1.165, 1.54) is 100 Å². The molecule has 0 saturated heterocycles. The summed E-state index contributed by atoms with van der Waals surface area (Å²) >= 11 is 0. The maximum absolute atomic E-state index is 2.68. The number of rotatable bonds is 4. The largest absolute Gasteiger partial charge is 0.309 e. The lowest BCUT2D eigenvalue weighted by molar-refractivity contribution is 0.567. The summed E-state index contributed by atoms with van der Waals surface area (Å²) in [6.07, 6.45) is 0. The zero-order valence-corrected chi connectivity index (χ0v) is 32.4. The fourth-order valence-corrected chi connectivity index (χ4v) is 10.3. The van der Waals surface area contributed by atoms with E-state index < -0.39 is 0 Å². The third-order valence-electron chi connectivity index (χ3n) is 13.3. The van der Waals surface area contributed by atoms with Crippen molar-refractivity contribution >= 4 is 55.7 Å². The van der Waals surface area contributed by atoms with Crippen molar-refractivity contribution in [2.24, 2.45) is 0 Å². The first-order chi connectivity index (χ1) is 26.6. The van der Waals surface area contributed by atoms with Gasteiger partial charge in [-0.1, -0.05) is 163 Å². The highest BCUT2D eigenvalue weighted by Crippen LogP contribution is 2.67. The molecule has 0 unspecified atom stereocenters. The molecule has 0 amide bonds. The molecule has 2 nitrogen and oxygen atoms in total. The summed E-state index contributed by atoms with van der Waals surface area (Å²) in [5.41, 5.74) is 17.7. The number of benzene rings is 8. The van der Waals surface area contributed by atoms with E-state index in [9.17, 15) is 0 Å². The molecule has 0 fully saturated rings. The molecular weight excluding hydrogens is 665 g/mol. The van der Waals surface area contributed by atoms with E-state index in [-0.39, 0.29) is 16.2 Å². The molecule has 8 aromatic carbocycles. The monoisotopic (exact) mass is 708 g/mol. The molecule has 266 valence electrons. The number of hydrogen-bond donors (Lipinski definition) is 0. The van der Waals surface area contributed by atoms with E-state index in [1.54, 1.807) is 0 Å². The normalized spacial score (nSPS) is 16.2. The number of hydrogen-bond acceptors (Lipinski definition) is 2. The third-order valence-corrected chi connectivity index (χ3v) is 13.3. The summed E-state index contributed by atoms with van der Waals surface area (Å²) in [6, 6.07) is 59.2. The van der Waals surface area contributed by atoms with E-state index >= 15 is 0 Å². The van der Waals surface area contributed by atoms with Gasteiger partial charge >= 0.3 is 0 Å². The Hall–Kier alpha value is -6.12. The van der Waals surface area contributed by atoms with Crippen molar-refractivity contribution < 1.29 is 0 Å². The molecule has 55 heavy (non-hydrogen) atoms. The van der Waals surface area contributed by atoms with Gasteiger partial charge in [-0.15, -0.1) is 0 Å². The zero-order valence-electron chi connectivity index (χ0n) is 32.4. The molecule has 0 aliphatic carbocycles. The Balaban J connectivity index is 1.27. The second kappa shape index (κ2) is 11.0. The summed E-state index contributed by atoms with van der Waals surface area (Å²) in [5, 5.41) is 4.94. The highest BCUT2D eigenvalue weighted by Gasteiger charge is 2.52. The van der Waals surface area contributed by atoms with Crippen LogP contribution in [0.15, 0.2) is 158 Å². The Bertz CT molecular complexity index is 2820. The molecule has 0 spiro atoms. The summed E-state index contributed by atoms with van der Waals surface area (Å²) in [5.74, 6) is 0. The number of anilines is 6. The van der Waals surface area contributed by atoms with Gasteiger partial charge in [-0.2, -0.15) is 0 Å². The van der Waals surface area contributed by atoms with Gasteiger partial charge in [-0.05, 0) is 91.7 Å². The van der Waals surface area contributed by atoms with Crippen LogP contribution in [0, 0.1) is 0 Å². The highest BCUT2D eigenvalue weighted by atomic mass is 15.2. The Labute approximate surface area is 324 Å². The van der Waals surface area contributed by atoms with Gasteiger partial charge in [0, 0.05) is 32.7 Å². The van der Waals surface area contributed by atoms with E-state index in [0.717, 1.165) is 0 Å². The van der Waals surface area contributed by atoms with Crippen LogP contribution in [0.5, 0.6) is 0 Å². The van der Waals surface area contributed by atoms with Gasteiger partial charge < -0.3 is 9.80 Å². The lowest BCUT2D eigenvalue weighted by atomic mass is 9.60. The van der Waals surface area contributed by atoms with Crippen LogP contribution >= 0.6 is 0 Å². The molecule has 0 N–H and O–H groups in total. The SMILES string of the molecule is CC1(C)c2cccc3c2N2c4c1cc(-c1ccccc1)cc4C(C)(C)c1cc(N(c4cccc5ccccc45)c4cccc5ccccc45)cc(c12)C3(C)C. The zero-order chi connectivity index (χ0) is 37.4.